The average Bonchev–Trinajstić information content (AvgIpc) is 3.16. The molecule has 2 aromatic carbocycles. The molecule has 57 heavy (non-hydrogen) atoms. The second-order valence-corrected chi connectivity index (χ2v) is 18.4. The van der Waals surface area contributed by atoms with Crippen LogP contribution in [0.15, 0.2) is 53.6 Å². The van der Waals surface area contributed by atoms with Gasteiger partial charge in [0.1, 0.15) is 11.4 Å². The number of nitrogens with zero attached hydrogens (tertiary/aromatic N) is 4. The summed E-state index contributed by atoms with van der Waals surface area (Å²) >= 11 is 0. The third-order valence-electron chi connectivity index (χ3n) is 12.2. The Morgan fingerprint density at radius 2 is 1.65 bits per heavy atom. The van der Waals surface area contributed by atoms with Gasteiger partial charge in [-0.25, -0.2) is 18.1 Å². The van der Waals surface area contributed by atoms with Crippen LogP contribution in [0.4, 0.5) is 36.3 Å². The van der Waals surface area contributed by atoms with E-state index in [0.717, 1.165) is 75.5 Å². The maximum Gasteiger partial charge on any atom is 0.421 e. The maximum atomic E-state index is 13.9. The molecule has 0 spiro atoms. The lowest BCUT2D eigenvalue weighted by Gasteiger charge is -2.38. The molecule has 4 heterocycles. The number of alkyl halides is 3. The van der Waals surface area contributed by atoms with E-state index in [9.17, 15) is 36.3 Å². The van der Waals surface area contributed by atoms with Crippen molar-refractivity contribution in [3.05, 3.63) is 65.4 Å². The number of imide groups is 1. The molecule has 308 valence electrons. The number of carbonyl (C=O) groups excluding carboxylic acids is 2. The Bertz CT molecular complexity index is 2050. The minimum Gasteiger partial charge on any atom is -0.388 e. The molecule has 1 aliphatic carbocycles. The molecule has 4 fully saturated rings. The molecule has 1 unspecified atom stereocenters. The number of aliphatic hydroxyl groups is 1. The number of halogens is 3. The van der Waals surface area contributed by atoms with Gasteiger partial charge < -0.3 is 20.2 Å². The molecule has 0 radical (unpaired) electrons. The zero-order valence-electron chi connectivity index (χ0n) is 32.4. The van der Waals surface area contributed by atoms with Gasteiger partial charge in [-0.15, -0.1) is 0 Å². The fraction of sp³-hybridized carbons (Fsp3) is 0.561. The maximum absolute atomic E-state index is 13.9. The Labute approximate surface area is 332 Å². The predicted octanol–water partition coefficient (Wildman–Crippen LogP) is 6.56. The number of hydrogen-bond acceptors (Lipinski definition) is 10. The number of β-amino-alcohol motifs (C(OH)–C–C–N with tert-alkyl or cyclic N) is 1. The van der Waals surface area contributed by atoms with Gasteiger partial charge in [-0.2, -0.15) is 18.2 Å². The van der Waals surface area contributed by atoms with Crippen molar-refractivity contribution in [2.45, 2.75) is 113 Å². The lowest BCUT2D eigenvalue weighted by molar-refractivity contribution is -0.138. The Balaban J connectivity index is 0.885. The fourth-order valence-electron chi connectivity index (χ4n) is 8.97. The Morgan fingerprint density at radius 1 is 0.947 bits per heavy atom. The summed E-state index contributed by atoms with van der Waals surface area (Å²) in [6.45, 7) is 5.55. The van der Waals surface area contributed by atoms with Crippen LogP contribution in [0.3, 0.4) is 0 Å². The van der Waals surface area contributed by atoms with Crippen LogP contribution in [-0.4, -0.2) is 73.1 Å². The average molecular weight is 812 g/mol. The number of hydrogen-bond donors (Lipinski definition) is 4. The molecule has 12 nitrogen and oxygen atoms in total. The van der Waals surface area contributed by atoms with Gasteiger partial charge in [-0.05, 0) is 131 Å². The van der Waals surface area contributed by atoms with E-state index in [1.165, 1.54) is 17.0 Å². The highest BCUT2D eigenvalue weighted by Crippen LogP contribution is 2.39. The monoisotopic (exact) mass is 811 g/mol. The zero-order chi connectivity index (χ0) is 40.5. The van der Waals surface area contributed by atoms with Crippen LogP contribution in [0, 0.1) is 18.8 Å². The van der Waals surface area contributed by atoms with Crippen LogP contribution in [-0.2, 0) is 25.8 Å². The van der Waals surface area contributed by atoms with Crippen LogP contribution < -0.4 is 25.2 Å². The summed E-state index contributed by atoms with van der Waals surface area (Å²) in [5.41, 5.74) is 0.961. The highest BCUT2D eigenvalue weighted by atomic mass is 32.2. The number of rotatable bonds is 10. The van der Waals surface area contributed by atoms with Crippen LogP contribution in [0.1, 0.15) is 100 Å². The van der Waals surface area contributed by atoms with Crippen molar-refractivity contribution >= 4 is 45.0 Å². The lowest BCUT2D eigenvalue weighted by atomic mass is 9.78. The van der Waals surface area contributed by atoms with Gasteiger partial charge in [-0.3, -0.25) is 14.9 Å². The number of carbonyl (C=O) groups is 2. The zero-order valence-corrected chi connectivity index (χ0v) is 33.3. The Hall–Kier alpha value is -4.28. The number of nitrogens with one attached hydrogen (secondary N) is 3. The second kappa shape index (κ2) is 16.5. The first-order valence-corrected chi connectivity index (χ1v) is 21.5. The third-order valence-corrected chi connectivity index (χ3v) is 13.7. The van der Waals surface area contributed by atoms with E-state index in [2.05, 4.69) is 42.4 Å². The first-order chi connectivity index (χ1) is 27.0. The fourth-order valence-corrected chi connectivity index (χ4v) is 10.4. The van der Waals surface area contributed by atoms with Crippen molar-refractivity contribution in [2.75, 3.05) is 41.3 Å². The standard InChI is InChI=1S/C41H52F3N7O5S/c1-26-22-32(12-14-35(26)46-39-45-24-34(41(42,43)44)37(48-39)51-19-3-18-40(2,54)25-51)57(55,56)49-30-8-4-27(5-9-30)23-28-16-20-50(21-17-28)31-10-6-29(7-11-31)33-13-15-36(52)47-38(33)53/h6-7,10-12,14,22,24,27-28,30,33,49,54H,3-5,8-9,13,15-21,23,25H2,1-2H3,(H,45,46,48)(H,47,52,53)/t27?,30?,33?,40-/m0/s1. The highest BCUT2D eigenvalue weighted by Gasteiger charge is 2.39. The lowest BCUT2D eigenvalue weighted by Crippen LogP contribution is -2.47. The van der Waals surface area contributed by atoms with E-state index in [-0.39, 0.29) is 47.0 Å². The van der Waals surface area contributed by atoms with Gasteiger partial charge in [0.05, 0.1) is 16.4 Å². The van der Waals surface area contributed by atoms with Crippen LogP contribution in [0.2, 0.25) is 0 Å². The molecule has 4 N–H and O–H groups in total. The number of amides is 2. The summed E-state index contributed by atoms with van der Waals surface area (Å²) in [4.78, 5) is 35.8. The van der Waals surface area contributed by atoms with Crippen LogP contribution >= 0.6 is 0 Å². The topological polar surface area (TPSA) is 157 Å². The normalized spacial score (nSPS) is 25.3. The van der Waals surface area contributed by atoms with Crippen LogP contribution in [0.25, 0.3) is 0 Å². The minimum absolute atomic E-state index is 0.00116. The van der Waals surface area contributed by atoms with E-state index in [4.69, 9.17) is 0 Å². The first-order valence-electron chi connectivity index (χ1n) is 20.0. The number of aromatic nitrogens is 2. The van der Waals surface area contributed by atoms with Crippen molar-refractivity contribution < 1.29 is 36.3 Å². The molecule has 7 rings (SSSR count). The molecule has 0 bridgehead atoms. The SMILES string of the molecule is Cc1cc(S(=O)(=O)NC2CCC(CC3CCN(c4ccc(C5CCC(=O)NC5=O)cc4)CC3)CC2)ccc1Nc1ncc(C(F)(F)F)c(N2CCC[C@](C)(O)C2)n1. The van der Waals surface area contributed by atoms with Gasteiger partial charge >= 0.3 is 6.18 Å². The van der Waals surface area contributed by atoms with E-state index in [0.29, 0.717) is 55.3 Å². The molecule has 3 aromatic rings. The first kappa shape index (κ1) is 40.9. The van der Waals surface area contributed by atoms with Crippen molar-refractivity contribution in [3.8, 4) is 0 Å². The van der Waals surface area contributed by atoms with Crippen molar-refractivity contribution in [1.82, 2.24) is 20.0 Å². The van der Waals surface area contributed by atoms with E-state index in [1.54, 1.807) is 19.9 Å². The summed E-state index contributed by atoms with van der Waals surface area (Å²) in [5.74, 6) is 0.0837. The summed E-state index contributed by atoms with van der Waals surface area (Å²) in [6.07, 6.45) is 4.72. The number of aryl methyl sites for hydroxylation is 1. The second-order valence-electron chi connectivity index (χ2n) is 16.7. The third kappa shape index (κ3) is 9.89. The number of piperidine rings is 3. The number of anilines is 4. The summed E-state index contributed by atoms with van der Waals surface area (Å²) < 4.78 is 71.6. The van der Waals surface area contributed by atoms with Gasteiger partial charge in [-0.1, -0.05) is 12.1 Å². The molecular weight excluding hydrogens is 760 g/mol. The van der Waals surface area contributed by atoms with Gasteiger partial charge in [0.25, 0.3) is 0 Å². The Morgan fingerprint density at radius 3 is 2.30 bits per heavy atom. The van der Waals surface area contributed by atoms with E-state index >= 15 is 0 Å². The smallest absolute Gasteiger partial charge is 0.388 e. The van der Waals surface area contributed by atoms with E-state index in [1.807, 2.05) is 12.1 Å². The minimum atomic E-state index is -4.69. The summed E-state index contributed by atoms with van der Waals surface area (Å²) in [6, 6.07) is 12.6. The number of sulfonamides is 1. The highest BCUT2D eigenvalue weighted by molar-refractivity contribution is 7.89. The molecule has 4 aliphatic rings. The quantitative estimate of drug-likeness (QED) is 0.165. The van der Waals surface area contributed by atoms with Gasteiger partial charge in [0, 0.05) is 56.2 Å². The van der Waals surface area contributed by atoms with Gasteiger partial charge in [0.2, 0.25) is 27.8 Å². The van der Waals surface area contributed by atoms with Crippen LogP contribution in [0.5, 0.6) is 0 Å². The molecular formula is C41H52F3N7O5S. The van der Waals surface area contributed by atoms with E-state index < -0.39 is 27.4 Å². The van der Waals surface area contributed by atoms with Crippen molar-refractivity contribution in [2.24, 2.45) is 11.8 Å². The van der Waals surface area contributed by atoms with Gasteiger partial charge in [0.15, 0.2) is 0 Å². The molecule has 16 heteroatoms. The molecule has 2 atom stereocenters. The van der Waals surface area contributed by atoms with Crippen molar-refractivity contribution in [3.63, 3.8) is 0 Å². The summed E-state index contributed by atoms with van der Waals surface area (Å²) in [5, 5.41) is 15.9. The predicted molar refractivity (Wildman–Crippen MR) is 211 cm³/mol. The molecule has 1 aromatic heterocycles. The molecule has 2 amide bonds. The molecule has 1 saturated carbocycles. The largest absolute Gasteiger partial charge is 0.421 e. The van der Waals surface area contributed by atoms with Crippen molar-refractivity contribution in [1.29, 1.82) is 0 Å². The number of benzene rings is 2. The molecule has 3 saturated heterocycles. The Kier molecular flexibility index (Phi) is 11.9. The molecule has 3 aliphatic heterocycles. The summed E-state index contributed by atoms with van der Waals surface area (Å²) in [7, 11) is -3.82.